The average Bonchev–Trinajstić information content (AvgIpc) is 3.13. The molecule has 2 rings (SSSR count). The smallest absolute Gasteiger partial charge is 0.191 e. The van der Waals surface area contributed by atoms with Gasteiger partial charge in [-0.05, 0) is 53.9 Å². The van der Waals surface area contributed by atoms with Gasteiger partial charge in [0.1, 0.15) is 5.82 Å². The van der Waals surface area contributed by atoms with E-state index in [0.29, 0.717) is 16.4 Å². The first-order chi connectivity index (χ1) is 9.15. The number of guanidine groups is 1. The maximum absolute atomic E-state index is 13.5. The Bertz CT molecular complexity index is 476. The van der Waals surface area contributed by atoms with Crippen molar-refractivity contribution in [1.29, 1.82) is 0 Å². The van der Waals surface area contributed by atoms with Crippen molar-refractivity contribution >= 4 is 21.9 Å². The van der Waals surface area contributed by atoms with Crippen LogP contribution < -0.4 is 10.6 Å². The van der Waals surface area contributed by atoms with Gasteiger partial charge in [0.15, 0.2) is 5.96 Å². The quantitative estimate of drug-likeness (QED) is 0.658. The molecule has 0 saturated heterocycles. The van der Waals surface area contributed by atoms with E-state index in [-0.39, 0.29) is 5.82 Å². The molecule has 0 spiro atoms. The Morgan fingerprint density at radius 1 is 1.47 bits per heavy atom. The molecule has 0 heterocycles. The number of rotatable bonds is 4. The van der Waals surface area contributed by atoms with Gasteiger partial charge in [-0.15, -0.1) is 0 Å². The molecular formula is C14H19BrFN3. The van der Waals surface area contributed by atoms with Gasteiger partial charge in [0, 0.05) is 25.0 Å². The molecule has 0 aliphatic heterocycles. The van der Waals surface area contributed by atoms with E-state index in [9.17, 15) is 4.39 Å². The molecule has 3 nitrogen and oxygen atoms in total. The van der Waals surface area contributed by atoms with Gasteiger partial charge in [0.2, 0.25) is 0 Å². The lowest BCUT2D eigenvalue weighted by Crippen LogP contribution is -2.39. The van der Waals surface area contributed by atoms with Crippen LogP contribution in [0.15, 0.2) is 27.7 Å². The summed E-state index contributed by atoms with van der Waals surface area (Å²) in [6, 6.07) is 5.71. The molecule has 2 atom stereocenters. The molecule has 0 radical (unpaired) electrons. The van der Waals surface area contributed by atoms with Crippen LogP contribution in [-0.4, -0.2) is 25.1 Å². The molecule has 1 aliphatic carbocycles. The number of aliphatic imine (C=N–C) groups is 1. The van der Waals surface area contributed by atoms with Crippen molar-refractivity contribution in [1.82, 2.24) is 10.6 Å². The first-order valence-corrected chi connectivity index (χ1v) is 7.44. The molecule has 19 heavy (non-hydrogen) atoms. The summed E-state index contributed by atoms with van der Waals surface area (Å²) in [5.74, 6) is 1.02. The van der Waals surface area contributed by atoms with Gasteiger partial charge in [0.05, 0.1) is 4.47 Å². The van der Waals surface area contributed by atoms with E-state index in [0.717, 1.165) is 31.0 Å². The summed E-state index contributed by atoms with van der Waals surface area (Å²) < 4.78 is 14.0. The zero-order valence-corrected chi connectivity index (χ0v) is 12.8. The summed E-state index contributed by atoms with van der Waals surface area (Å²) in [4.78, 5) is 4.37. The second-order valence-electron chi connectivity index (χ2n) is 4.62. The lowest BCUT2D eigenvalue weighted by atomic mass is 10.1. The molecule has 0 aromatic heterocycles. The molecule has 0 unspecified atom stereocenters. The van der Waals surface area contributed by atoms with Crippen molar-refractivity contribution in [3.63, 3.8) is 0 Å². The fourth-order valence-corrected chi connectivity index (χ4v) is 2.37. The number of hydrogen-bond donors (Lipinski definition) is 2. The van der Waals surface area contributed by atoms with Gasteiger partial charge in [0.25, 0.3) is 0 Å². The highest BCUT2D eigenvalue weighted by atomic mass is 79.9. The molecule has 2 N–H and O–H groups in total. The van der Waals surface area contributed by atoms with Gasteiger partial charge in [-0.25, -0.2) is 4.39 Å². The minimum atomic E-state index is -0.197. The number of nitrogens with zero attached hydrogens (tertiary/aromatic N) is 1. The van der Waals surface area contributed by atoms with E-state index in [1.165, 1.54) is 0 Å². The van der Waals surface area contributed by atoms with Crippen molar-refractivity contribution < 1.29 is 4.39 Å². The molecule has 1 aromatic carbocycles. The SMILES string of the molecule is CCN=C(NCC)N[C@@H]1C[C@H]1c1ccc(Br)c(F)c1. The Balaban J connectivity index is 1.96. The van der Waals surface area contributed by atoms with Crippen LogP contribution in [0.2, 0.25) is 0 Å². The number of benzene rings is 1. The fourth-order valence-electron chi connectivity index (χ4n) is 2.12. The normalized spacial score (nSPS) is 22.2. The molecule has 1 aromatic rings. The van der Waals surface area contributed by atoms with Crippen LogP contribution in [0.5, 0.6) is 0 Å². The third-order valence-corrected chi connectivity index (χ3v) is 3.79. The van der Waals surface area contributed by atoms with E-state index < -0.39 is 0 Å². The van der Waals surface area contributed by atoms with Gasteiger partial charge >= 0.3 is 0 Å². The van der Waals surface area contributed by atoms with Gasteiger partial charge < -0.3 is 10.6 Å². The van der Waals surface area contributed by atoms with E-state index >= 15 is 0 Å². The summed E-state index contributed by atoms with van der Waals surface area (Å²) in [5, 5.41) is 6.58. The largest absolute Gasteiger partial charge is 0.357 e. The Morgan fingerprint density at radius 3 is 2.89 bits per heavy atom. The zero-order valence-electron chi connectivity index (χ0n) is 11.2. The molecule has 1 aliphatic rings. The second kappa shape index (κ2) is 6.37. The van der Waals surface area contributed by atoms with E-state index in [1.54, 1.807) is 12.1 Å². The molecular weight excluding hydrogens is 309 g/mol. The maximum atomic E-state index is 13.5. The maximum Gasteiger partial charge on any atom is 0.191 e. The average molecular weight is 328 g/mol. The minimum Gasteiger partial charge on any atom is -0.357 e. The van der Waals surface area contributed by atoms with Crippen LogP contribution >= 0.6 is 15.9 Å². The van der Waals surface area contributed by atoms with Gasteiger partial charge in [-0.3, -0.25) is 4.99 Å². The van der Waals surface area contributed by atoms with Crippen LogP contribution in [0, 0.1) is 5.82 Å². The van der Waals surface area contributed by atoms with E-state index in [2.05, 4.69) is 31.6 Å². The van der Waals surface area contributed by atoms with Crippen molar-refractivity contribution in [2.45, 2.75) is 32.2 Å². The molecule has 0 amide bonds. The van der Waals surface area contributed by atoms with Gasteiger partial charge in [-0.2, -0.15) is 0 Å². The first-order valence-electron chi connectivity index (χ1n) is 6.65. The molecule has 1 saturated carbocycles. The zero-order chi connectivity index (χ0) is 13.8. The fraction of sp³-hybridized carbons (Fsp3) is 0.500. The Labute approximate surface area is 121 Å². The summed E-state index contributed by atoms with van der Waals surface area (Å²) in [6.07, 6.45) is 1.02. The van der Waals surface area contributed by atoms with Crippen LogP contribution in [-0.2, 0) is 0 Å². The van der Waals surface area contributed by atoms with E-state index in [1.807, 2.05) is 19.9 Å². The van der Waals surface area contributed by atoms with Gasteiger partial charge in [-0.1, -0.05) is 6.07 Å². The molecule has 0 bridgehead atoms. The van der Waals surface area contributed by atoms with Crippen LogP contribution in [0.4, 0.5) is 4.39 Å². The number of nitrogens with one attached hydrogen (secondary N) is 2. The highest BCUT2D eigenvalue weighted by Crippen LogP contribution is 2.41. The van der Waals surface area contributed by atoms with Crippen molar-refractivity contribution in [2.75, 3.05) is 13.1 Å². The lowest BCUT2D eigenvalue weighted by molar-refractivity contribution is 0.618. The minimum absolute atomic E-state index is 0.197. The molecule has 1 fully saturated rings. The lowest BCUT2D eigenvalue weighted by Gasteiger charge is -2.10. The summed E-state index contributed by atoms with van der Waals surface area (Å²) >= 11 is 3.18. The predicted octanol–water partition coefficient (Wildman–Crippen LogP) is 3.02. The van der Waals surface area contributed by atoms with Crippen molar-refractivity contribution in [3.8, 4) is 0 Å². The van der Waals surface area contributed by atoms with Crippen LogP contribution in [0.25, 0.3) is 0 Å². The topological polar surface area (TPSA) is 36.4 Å². The Kier molecular flexibility index (Phi) is 4.80. The summed E-state index contributed by atoms with van der Waals surface area (Å²) in [7, 11) is 0. The third kappa shape index (κ3) is 3.69. The first kappa shape index (κ1) is 14.3. The van der Waals surface area contributed by atoms with Crippen LogP contribution in [0.1, 0.15) is 31.7 Å². The third-order valence-electron chi connectivity index (χ3n) is 3.14. The highest BCUT2D eigenvalue weighted by Gasteiger charge is 2.39. The van der Waals surface area contributed by atoms with Crippen LogP contribution in [0.3, 0.4) is 0 Å². The van der Waals surface area contributed by atoms with Crippen molar-refractivity contribution in [2.24, 2.45) is 4.99 Å². The second-order valence-corrected chi connectivity index (χ2v) is 5.47. The summed E-state index contributed by atoms with van der Waals surface area (Å²) in [6.45, 7) is 5.64. The summed E-state index contributed by atoms with van der Waals surface area (Å²) in [5.41, 5.74) is 1.05. The highest BCUT2D eigenvalue weighted by molar-refractivity contribution is 9.10. The molecule has 104 valence electrons. The Morgan fingerprint density at radius 2 is 2.26 bits per heavy atom. The molecule has 5 heteroatoms. The monoisotopic (exact) mass is 327 g/mol. The van der Waals surface area contributed by atoms with E-state index in [4.69, 9.17) is 0 Å². The number of hydrogen-bond acceptors (Lipinski definition) is 1. The number of halogens is 2. The predicted molar refractivity (Wildman–Crippen MR) is 80.0 cm³/mol. The van der Waals surface area contributed by atoms with Crippen molar-refractivity contribution in [3.05, 3.63) is 34.1 Å². The standard InChI is InChI=1S/C14H19BrFN3/c1-3-17-14(18-4-2)19-13-8-10(13)9-5-6-11(15)12(16)7-9/h5-7,10,13H,3-4,8H2,1-2H3,(H2,17,18,19)/t10-,13+/m0/s1. The Hall–Kier alpha value is -1.10.